The first-order valence-corrected chi connectivity index (χ1v) is 15.7. The van der Waals surface area contributed by atoms with Crippen molar-refractivity contribution >= 4 is 29.4 Å². The number of aryl methyl sites for hydroxylation is 1. The lowest BCUT2D eigenvalue weighted by Crippen LogP contribution is -2.57. The first-order chi connectivity index (χ1) is 20.9. The molecule has 0 radical (unpaired) electrons. The lowest BCUT2D eigenvalue weighted by atomic mass is 9.90. The van der Waals surface area contributed by atoms with Crippen LogP contribution in [0, 0.1) is 11.8 Å². The Kier molecular flexibility index (Phi) is 10.8. The topological polar surface area (TPSA) is 128 Å². The van der Waals surface area contributed by atoms with Gasteiger partial charge in [0.2, 0.25) is 5.91 Å². The van der Waals surface area contributed by atoms with E-state index in [9.17, 15) is 19.5 Å². The Labute approximate surface area is 261 Å². The number of hydrogen-bond donors (Lipinski definition) is 2. The van der Waals surface area contributed by atoms with E-state index >= 15 is 0 Å². The number of para-hydroxylation sites is 1. The van der Waals surface area contributed by atoms with Crippen LogP contribution in [0.4, 0.5) is 16.3 Å². The smallest absolute Gasteiger partial charge is 0.407 e. The van der Waals surface area contributed by atoms with Crippen molar-refractivity contribution in [1.82, 2.24) is 19.8 Å². The third kappa shape index (κ3) is 7.85. The Balaban J connectivity index is 1.66. The standard InChI is InChI=1S/C33H48N6O5/c1-22(2)19-39(30(41)26-18-35-31(33(3,4)5)36-28(26)34-14-10-16-44-6)25-17-24(20-37(21-25)32(42)43)29(40)38-15-9-12-23-11-7-8-13-27(23)38/h7-8,11,13,18,22,24-25H,9-10,12,14-17,19-21H2,1-6H3,(H,42,43)(H,34,35,36)/t24-,25+/m1/s1. The van der Waals surface area contributed by atoms with Crippen molar-refractivity contribution in [3.05, 3.63) is 47.4 Å². The minimum absolute atomic E-state index is 0.0941. The largest absolute Gasteiger partial charge is 0.465 e. The summed E-state index contributed by atoms with van der Waals surface area (Å²) in [6, 6.07) is 7.41. The van der Waals surface area contributed by atoms with Crippen LogP contribution in [-0.2, 0) is 21.4 Å². The highest BCUT2D eigenvalue weighted by atomic mass is 16.5. The minimum Gasteiger partial charge on any atom is -0.465 e. The van der Waals surface area contributed by atoms with Crippen LogP contribution in [-0.4, -0.2) is 95.3 Å². The molecule has 3 amide bonds. The number of carbonyl (C=O) groups is 3. The number of hydrogen-bond acceptors (Lipinski definition) is 7. The maximum atomic E-state index is 14.4. The van der Waals surface area contributed by atoms with Gasteiger partial charge in [0.15, 0.2) is 0 Å². The maximum absolute atomic E-state index is 14.4. The molecule has 1 fully saturated rings. The molecule has 3 heterocycles. The van der Waals surface area contributed by atoms with Crippen LogP contribution < -0.4 is 10.2 Å². The van der Waals surface area contributed by atoms with Crippen LogP contribution in [0.3, 0.4) is 0 Å². The van der Waals surface area contributed by atoms with Crippen molar-refractivity contribution in [2.24, 2.45) is 11.8 Å². The number of carbonyl (C=O) groups excluding carboxylic acids is 2. The van der Waals surface area contributed by atoms with Gasteiger partial charge in [-0.05, 0) is 43.2 Å². The van der Waals surface area contributed by atoms with E-state index in [1.165, 1.54) is 4.90 Å². The molecule has 0 bridgehead atoms. The van der Waals surface area contributed by atoms with E-state index in [4.69, 9.17) is 9.72 Å². The van der Waals surface area contributed by atoms with Crippen LogP contribution in [0.25, 0.3) is 0 Å². The molecule has 0 unspecified atom stereocenters. The molecule has 1 aromatic carbocycles. The second-order valence-electron chi connectivity index (χ2n) is 13.3. The summed E-state index contributed by atoms with van der Waals surface area (Å²) in [4.78, 5) is 54.9. The number of piperidine rings is 1. The van der Waals surface area contributed by atoms with Gasteiger partial charge in [0.1, 0.15) is 17.2 Å². The average Bonchev–Trinajstić information content (AvgIpc) is 3.00. The summed E-state index contributed by atoms with van der Waals surface area (Å²) in [5, 5.41) is 13.4. The van der Waals surface area contributed by atoms with Crippen molar-refractivity contribution in [1.29, 1.82) is 0 Å². The normalized spacial score (nSPS) is 18.6. The molecule has 0 spiro atoms. The molecule has 1 saturated heterocycles. The van der Waals surface area contributed by atoms with Gasteiger partial charge in [0, 0.05) is 63.7 Å². The van der Waals surface area contributed by atoms with Crippen LogP contribution in [0.2, 0.25) is 0 Å². The number of fused-ring (bicyclic) bond motifs is 1. The number of carboxylic acid groups (broad SMARTS) is 1. The van der Waals surface area contributed by atoms with Gasteiger partial charge >= 0.3 is 6.09 Å². The third-order valence-corrected chi connectivity index (χ3v) is 8.20. The molecular weight excluding hydrogens is 560 g/mol. The molecule has 4 rings (SSSR count). The number of methoxy groups -OCH3 is 1. The number of anilines is 2. The highest BCUT2D eigenvalue weighted by Crippen LogP contribution is 2.32. The molecule has 0 saturated carbocycles. The van der Waals surface area contributed by atoms with Crippen LogP contribution >= 0.6 is 0 Å². The summed E-state index contributed by atoms with van der Waals surface area (Å²) in [5.41, 5.74) is 2.02. The zero-order chi connectivity index (χ0) is 32.0. The predicted molar refractivity (Wildman–Crippen MR) is 170 cm³/mol. The van der Waals surface area contributed by atoms with Gasteiger partial charge in [0.05, 0.1) is 12.0 Å². The molecular formula is C33H48N6O5. The Bertz CT molecular complexity index is 1330. The Hall–Kier alpha value is -3.73. The zero-order valence-corrected chi connectivity index (χ0v) is 27.0. The Morgan fingerprint density at radius 1 is 1.18 bits per heavy atom. The maximum Gasteiger partial charge on any atom is 0.407 e. The fraction of sp³-hybridized carbons (Fsp3) is 0.606. The quantitative estimate of drug-likeness (QED) is 0.373. The molecule has 240 valence electrons. The molecule has 2 N–H and O–H groups in total. The highest BCUT2D eigenvalue weighted by Gasteiger charge is 2.41. The molecule has 44 heavy (non-hydrogen) atoms. The molecule has 11 nitrogen and oxygen atoms in total. The summed E-state index contributed by atoms with van der Waals surface area (Å²) < 4.78 is 5.19. The fourth-order valence-electron chi connectivity index (χ4n) is 6.02. The van der Waals surface area contributed by atoms with E-state index in [-0.39, 0.29) is 36.2 Å². The first kappa shape index (κ1) is 33.2. The van der Waals surface area contributed by atoms with Crippen LogP contribution in [0.1, 0.15) is 75.6 Å². The van der Waals surface area contributed by atoms with Crippen molar-refractivity contribution in [3.63, 3.8) is 0 Å². The number of rotatable bonds is 10. The molecule has 1 aromatic heterocycles. The molecule has 11 heteroatoms. The summed E-state index contributed by atoms with van der Waals surface area (Å²) >= 11 is 0. The van der Waals surface area contributed by atoms with Gasteiger partial charge in [-0.2, -0.15) is 0 Å². The van der Waals surface area contributed by atoms with Crippen molar-refractivity contribution in [2.75, 3.05) is 56.7 Å². The van der Waals surface area contributed by atoms with Gasteiger partial charge in [-0.1, -0.05) is 52.8 Å². The third-order valence-electron chi connectivity index (χ3n) is 8.20. The van der Waals surface area contributed by atoms with E-state index in [2.05, 4.69) is 10.3 Å². The molecule has 2 atom stereocenters. The number of nitrogens with zero attached hydrogens (tertiary/aromatic N) is 5. The van der Waals surface area contributed by atoms with E-state index in [1.807, 2.05) is 63.8 Å². The molecule has 2 aliphatic rings. The summed E-state index contributed by atoms with van der Waals surface area (Å²) in [6.07, 6.45) is 3.34. The van der Waals surface area contributed by atoms with Crippen molar-refractivity contribution in [3.8, 4) is 0 Å². The minimum atomic E-state index is -1.10. The lowest BCUT2D eigenvalue weighted by Gasteiger charge is -2.43. The van der Waals surface area contributed by atoms with E-state index in [0.29, 0.717) is 49.9 Å². The number of benzene rings is 1. The number of amides is 3. The lowest BCUT2D eigenvalue weighted by molar-refractivity contribution is -0.124. The molecule has 2 aliphatic heterocycles. The highest BCUT2D eigenvalue weighted by molar-refractivity contribution is 5.99. The first-order valence-electron chi connectivity index (χ1n) is 15.7. The van der Waals surface area contributed by atoms with Crippen LogP contribution in [0.5, 0.6) is 0 Å². The predicted octanol–water partition coefficient (Wildman–Crippen LogP) is 4.67. The fourth-order valence-corrected chi connectivity index (χ4v) is 6.02. The van der Waals surface area contributed by atoms with E-state index < -0.39 is 18.1 Å². The zero-order valence-electron chi connectivity index (χ0n) is 27.0. The van der Waals surface area contributed by atoms with E-state index in [0.717, 1.165) is 30.5 Å². The second kappa shape index (κ2) is 14.4. The van der Waals surface area contributed by atoms with Crippen molar-refractivity contribution in [2.45, 2.75) is 71.8 Å². The second-order valence-corrected chi connectivity index (χ2v) is 13.3. The SMILES string of the molecule is COCCCNc1nc(C(C)(C)C)ncc1C(=O)N(CC(C)C)[C@H]1C[C@@H](C(=O)N2CCCc3ccccc32)CN(C(=O)O)C1. The molecule has 0 aliphatic carbocycles. The van der Waals surface area contributed by atoms with E-state index in [1.54, 1.807) is 18.2 Å². The van der Waals surface area contributed by atoms with Gasteiger partial charge in [-0.3, -0.25) is 9.59 Å². The summed E-state index contributed by atoms with van der Waals surface area (Å²) in [5.74, 6) is 0.215. The Morgan fingerprint density at radius 3 is 2.61 bits per heavy atom. The molecule has 2 aromatic rings. The summed E-state index contributed by atoms with van der Waals surface area (Å²) in [7, 11) is 1.65. The van der Waals surface area contributed by atoms with Crippen molar-refractivity contribution < 1.29 is 24.2 Å². The average molecular weight is 609 g/mol. The van der Waals surface area contributed by atoms with Gasteiger partial charge < -0.3 is 29.9 Å². The summed E-state index contributed by atoms with van der Waals surface area (Å²) in [6.45, 7) is 12.4. The monoisotopic (exact) mass is 608 g/mol. The van der Waals surface area contributed by atoms with Gasteiger partial charge in [-0.15, -0.1) is 0 Å². The Morgan fingerprint density at radius 2 is 1.93 bits per heavy atom. The number of nitrogens with one attached hydrogen (secondary N) is 1. The van der Waals surface area contributed by atoms with Gasteiger partial charge in [0.25, 0.3) is 5.91 Å². The number of aromatic nitrogens is 2. The number of likely N-dealkylation sites (tertiary alicyclic amines) is 1. The van der Waals surface area contributed by atoms with Crippen LogP contribution in [0.15, 0.2) is 30.5 Å². The van der Waals surface area contributed by atoms with Gasteiger partial charge in [-0.25, -0.2) is 14.8 Å². The number of ether oxygens (including phenoxy) is 1.